The van der Waals surface area contributed by atoms with Crippen molar-refractivity contribution in [3.63, 3.8) is 0 Å². The molecular weight excluding hydrogens is 369 g/mol. The van der Waals surface area contributed by atoms with Gasteiger partial charge in [0, 0.05) is 10.9 Å². The number of esters is 2. The molecule has 3 aliphatic rings. The van der Waals surface area contributed by atoms with Gasteiger partial charge in [-0.05, 0) is 37.0 Å². The van der Waals surface area contributed by atoms with Gasteiger partial charge in [-0.15, -0.1) is 0 Å². The van der Waals surface area contributed by atoms with E-state index in [0.717, 1.165) is 6.42 Å². The average molecular weight is 384 g/mol. The lowest BCUT2D eigenvalue weighted by molar-refractivity contribution is -0.157. The molecule has 3 fully saturated rings. The van der Waals surface area contributed by atoms with Crippen LogP contribution in [0.15, 0.2) is 18.2 Å². The molecule has 8 heteroatoms. The number of benzene rings is 1. The van der Waals surface area contributed by atoms with Crippen LogP contribution in [0, 0.1) is 23.7 Å². The van der Waals surface area contributed by atoms with Gasteiger partial charge in [0.1, 0.15) is 6.10 Å². The summed E-state index contributed by atoms with van der Waals surface area (Å²) in [6, 6.07) is 4.67. The molecule has 1 aromatic carbocycles. The van der Waals surface area contributed by atoms with Gasteiger partial charge in [-0.1, -0.05) is 23.2 Å². The minimum absolute atomic E-state index is 0.0418. The fourth-order valence-corrected chi connectivity index (χ4v) is 4.67. The van der Waals surface area contributed by atoms with Crippen LogP contribution in [0.2, 0.25) is 10.0 Å². The second-order valence-electron chi connectivity index (χ2n) is 6.70. The highest BCUT2D eigenvalue weighted by molar-refractivity contribution is 6.35. The number of carbonyl (C=O) groups is 3. The number of hydrogen-bond acceptors (Lipinski definition) is 5. The van der Waals surface area contributed by atoms with Crippen molar-refractivity contribution in [2.75, 3.05) is 11.9 Å². The third-order valence-electron chi connectivity index (χ3n) is 5.30. The van der Waals surface area contributed by atoms with Gasteiger partial charge in [-0.2, -0.15) is 0 Å². The number of halogens is 2. The molecule has 1 amide bonds. The molecule has 2 bridgehead atoms. The van der Waals surface area contributed by atoms with E-state index in [1.54, 1.807) is 12.1 Å². The Hall–Kier alpha value is -1.79. The van der Waals surface area contributed by atoms with E-state index in [4.69, 9.17) is 32.7 Å². The van der Waals surface area contributed by atoms with E-state index in [1.165, 1.54) is 6.07 Å². The fourth-order valence-electron chi connectivity index (χ4n) is 4.34. The van der Waals surface area contributed by atoms with Crippen LogP contribution in [0.4, 0.5) is 5.69 Å². The molecule has 2 aliphatic carbocycles. The van der Waals surface area contributed by atoms with E-state index in [9.17, 15) is 14.4 Å². The van der Waals surface area contributed by atoms with Crippen LogP contribution in [0.3, 0.4) is 0 Å². The highest BCUT2D eigenvalue weighted by Crippen LogP contribution is 2.57. The zero-order valence-electron chi connectivity index (χ0n) is 13.0. The quantitative estimate of drug-likeness (QED) is 0.808. The van der Waals surface area contributed by atoms with Gasteiger partial charge in [-0.25, -0.2) is 0 Å². The van der Waals surface area contributed by atoms with Gasteiger partial charge in [0.25, 0.3) is 5.91 Å². The Kier molecular flexibility index (Phi) is 4.12. The van der Waals surface area contributed by atoms with E-state index in [-0.39, 0.29) is 23.9 Å². The molecule has 5 atom stereocenters. The standard InChI is InChI=1S/C17H15Cl2NO5/c18-8-1-2-10(19)11(5-8)20-13(21)6-24-16(22)14-7-3-9-12(4-7)25-17(23)15(9)14/h1-2,5,7,9,12,14-15H,3-4,6H2,(H,20,21)/t7-,9+,12-,14-,15-/m1/s1. The maximum Gasteiger partial charge on any atom is 0.310 e. The van der Waals surface area contributed by atoms with Crippen molar-refractivity contribution in [3.8, 4) is 0 Å². The maximum atomic E-state index is 12.4. The monoisotopic (exact) mass is 383 g/mol. The number of nitrogens with one attached hydrogen (secondary N) is 1. The topological polar surface area (TPSA) is 81.7 Å². The number of hydrogen-bond donors (Lipinski definition) is 1. The lowest BCUT2D eigenvalue weighted by Gasteiger charge is -2.22. The first-order valence-electron chi connectivity index (χ1n) is 8.06. The van der Waals surface area contributed by atoms with Crippen molar-refractivity contribution < 1.29 is 23.9 Å². The van der Waals surface area contributed by atoms with Crippen LogP contribution < -0.4 is 5.32 Å². The smallest absolute Gasteiger partial charge is 0.310 e. The molecule has 0 spiro atoms. The SMILES string of the molecule is O=C(COC(=O)[C@@H]1[C@@H]2C[C@@H]3[C@H]1C(=O)O[C@@H]3C2)Nc1cc(Cl)ccc1Cl. The van der Waals surface area contributed by atoms with Crippen molar-refractivity contribution in [1.29, 1.82) is 0 Å². The molecule has 0 aromatic heterocycles. The first-order chi connectivity index (χ1) is 11.9. The molecular formula is C17H15Cl2NO5. The van der Waals surface area contributed by atoms with Gasteiger partial charge < -0.3 is 14.8 Å². The first kappa shape index (κ1) is 16.7. The van der Waals surface area contributed by atoms with E-state index in [2.05, 4.69) is 5.32 Å². The Labute approximate surface area is 153 Å². The summed E-state index contributed by atoms with van der Waals surface area (Å²) in [7, 11) is 0. The second-order valence-corrected chi connectivity index (χ2v) is 7.55. The summed E-state index contributed by atoms with van der Waals surface area (Å²) in [5.41, 5.74) is 0.345. The van der Waals surface area contributed by atoms with Crippen LogP contribution in [-0.2, 0) is 23.9 Å². The molecule has 1 N–H and O–H groups in total. The largest absolute Gasteiger partial charge is 0.462 e. The summed E-state index contributed by atoms with van der Waals surface area (Å²) in [6.45, 7) is -0.444. The summed E-state index contributed by atoms with van der Waals surface area (Å²) in [6.07, 6.45) is 1.47. The van der Waals surface area contributed by atoms with E-state index in [1.807, 2.05) is 0 Å². The normalized spacial score (nSPS) is 31.8. The van der Waals surface area contributed by atoms with Crippen molar-refractivity contribution in [1.82, 2.24) is 0 Å². The van der Waals surface area contributed by atoms with E-state index >= 15 is 0 Å². The molecule has 6 nitrogen and oxygen atoms in total. The second kappa shape index (κ2) is 6.18. The molecule has 132 valence electrons. The number of ether oxygens (including phenoxy) is 2. The molecule has 0 radical (unpaired) electrons. The Morgan fingerprint density at radius 3 is 2.88 bits per heavy atom. The molecule has 1 aromatic rings. The van der Waals surface area contributed by atoms with Gasteiger partial charge in [0.2, 0.25) is 0 Å². The number of rotatable bonds is 4. The molecule has 25 heavy (non-hydrogen) atoms. The summed E-state index contributed by atoms with van der Waals surface area (Å²) in [5, 5.41) is 3.30. The van der Waals surface area contributed by atoms with E-state index < -0.39 is 30.3 Å². The highest BCUT2D eigenvalue weighted by Gasteiger charge is 2.64. The first-order valence-corrected chi connectivity index (χ1v) is 8.81. The average Bonchev–Trinajstić information content (AvgIpc) is 3.18. The number of anilines is 1. The predicted octanol–water partition coefficient (Wildman–Crippen LogP) is 2.67. The zero-order chi connectivity index (χ0) is 17.7. The number of carbonyl (C=O) groups excluding carboxylic acids is 3. The third kappa shape index (κ3) is 2.87. The summed E-state index contributed by atoms with van der Waals surface area (Å²) in [4.78, 5) is 36.3. The van der Waals surface area contributed by atoms with E-state index in [0.29, 0.717) is 22.2 Å². The summed E-state index contributed by atoms with van der Waals surface area (Å²) < 4.78 is 10.4. The molecule has 1 heterocycles. The van der Waals surface area contributed by atoms with Crippen molar-refractivity contribution >= 4 is 46.7 Å². The van der Waals surface area contributed by atoms with Crippen molar-refractivity contribution in [3.05, 3.63) is 28.2 Å². The zero-order valence-corrected chi connectivity index (χ0v) is 14.5. The highest BCUT2D eigenvalue weighted by atomic mass is 35.5. The van der Waals surface area contributed by atoms with Gasteiger partial charge in [0.05, 0.1) is 22.5 Å². The molecule has 2 saturated carbocycles. The summed E-state index contributed by atoms with van der Waals surface area (Å²) >= 11 is 11.8. The van der Waals surface area contributed by atoms with Gasteiger partial charge >= 0.3 is 11.9 Å². The number of fused-ring (bicyclic) bond motifs is 1. The van der Waals surface area contributed by atoms with Crippen LogP contribution in [0.25, 0.3) is 0 Å². The molecule has 1 aliphatic heterocycles. The lowest BCUT2D eigenvalue weighted by Crippen LogP contribution is -2.35. The Bertz CT molecular complexity index is 765. The Balaban J connectivity index is 1.35. The maximum absolute atomic E-state index is 12.4. The number of amides is 1. The Morgan fingerprint density at radius 1 is 1.28 bits per heavy atom. The summed E-state index contributed by atoms with van der Waals surface area (Å²) in [5.74, 6) is -2.04. The van der Waals surface area contributed by atoms with Crippen LogP contribution in [0.5, 0.6) is 0 Å². The predicted molar refractivity (Wildman–Crippen MR) is 89.1 cm³/mol. The van der Waals surface area contributed by atoms with Gasteiger partial charge in [0.15, 0.2) is 6.61 Å². The van der Waals surface area contributed by atoms with Crippen LogP contribution >= 0.6 is 23.2 Å². The minimum Gasteiger partial charge on any atom is -0.462 e. The molecule has 4 rings (SSSR count). The Morgan fingerprint density at radius 2 is 2.08 bits per heavy atom. The van der Waals surface area contributed by atoms with Crippen molar-refractivity contribution in [2.24, 2.45) is 23.7 Å². The van der Waals surface area contributed by atoms with Crippen molar-refractivity contribution in [2.45, 2.75) is 18.9 Å². The van der Waals surface area contributed by atoms with Gasteiger partial charge in [-0.3, -0.25) is 14.4 Å². The lowest BCUT2D eigenvalue weighted by atomic mass is 9.80. The van der Waals surface area contributed by atoms with Crippen LogP contribution in [-0.4, -0.2) is 30.6 Å². The van der Waals surface area contributed by atoms with Crippen LogP contribution in [0.1, 0.15) is 12.8 Å². The minimum atomic E-state index is -0.521. The third-order valence-corrected chi connectivity index (χ3v) is 5.87. The molecule has 1 saturated heterocycles. The molecule has 0 unspecified atom stereocenters. The fraction of sp³-hybridized carbons (Fsp3) is 0.471.